The van der Waals surface area contributed by atoms with E-state index >= 15 is 0 Å². The molecule has 0 saturated carbocycles. The number of nitrogens with zero attached hydrogens (tertiary/aromatic N) is 1. The number of benzene rings is 3. The highest BCUT2D eigenvalue weighted by molar-refractivity contribution is 6.31. The van der Waals surface area contributed by atoms with Gasteiger partial charge in [-0.1, -0.05) is 54.1 Å². The van der Waals surface area contributed by atoms with E-state index in [0.29, 0.717) is 22.0 Å². The van der Waals surface area contributed by atoms with Crippen LogP contribution in [-0.4, -0.2) is 34.4 Å². The number of aliphatic hydroxyl groups excluding tert-OH is 1. The lowest BCUT2D eigenvalue weighted by Crippen LogP contribution is -2.32. The van der Waals surface area contributed by atoms with E-state index in [1.54, 1.807) is 31.4 Å². The second kappa shape index (κ2) is 10.4. The highest BCUT2D eigenvalue weighted by Crippen LogP contribution is 2.26. The summed E-state index contributed by atoms with van der Waals surface area (Å²) in [4.78, 5) is 16.1. The lowest BCUT2D eigenvalue weighted by Gasteiger charge is -2.23. The first-order valence-corrected chi connectivity index (χ1v) is 11.0. The Morgan fingerprint density at radius 2 is 1.79 bits per heavy atom. The molecule has 0 spiro atoms. The molecule has 34 heavy (non-hydrogen) atoms. The number of methoxy groups -OCH3 is 1. The van der Waals surface area contributed by atoms with Crippen LogP contribution in [0.5, 0.6) is 5.75 Å². The molecule has 0 saturated heterocycles. The number of aromatic nitrogens is 1. The van der Waals surface area contributed by atoms with Crippen molar-refractivity contribution in [1.82, 2.24) is 4.98 Å². The van der Waals surface area contributed by atoms with Gasteiger partial charge < -0.3 is 20.3 Å². The molecule has 2 atom stereocenters. The molecule has 3 N–H and O–H groups in total. The Bertz CT molecular complexity index is 1340. The molecular formula is C27H23ClN2O4. The molecule has 7 heteroatoms. The van der Waals surface area contributed by atoms with E-state index < -0.39 is 18.1 Å². The van der Waals surface area contributed by atoms with Gasteiger partial charge in [0.05, 0.1) is 24.4 Å². The maximum absolute atomic E-state index is 11.5. The Morgan fingerprint density at radius 3 is 2.53 bits per heavy atom. The van der Waals surface area contributed by atoms with E-state index in [1.165, 1.54) is 0 Å². The fraction of sp³-hybridized carbons (Fsp3) is 0.111. The van der Waals surface area contributed by atoms with Crippen LogP contribution in [0.25, 0.3) is 23.1 Å². The van der Waals surface area contributed by atoms with E-state index in [4.69, 9.17) is 16.3 Å². The van der Waals surface area contributed by atoms with Crippen LogP contribution in [0, 0.1) is 0 Å². The number of aliphatic carboxylic acids is 1. The van der Waals surface area contributed by atoms with Gasteiger partial charge in [-0.3, -0.25) is 0 Å². The molecule has 2 unspecified atom stereocenters. The maximum atomic E-state index is 11.5. The Kier molecular flexibility index (Phi) is 7.11. The fourth-order valence-corrected chi connectivity index (χ4v) is 3.76. The lowest BCUT2D eigenvalue weighted by atomic mass is 10.0. The Morgan fingerprint density at radius 1 is 1.03 bits per heavy atom. The zero-order valence-electron chi connectivity index (χ0n) is 18.4. The largest absolute Gasteiger partial charge is 0.497 e. The molecule has 0 amide bonds. The van der Waals surface area contributed by atoms with E-state index in [1.807, 2.05) is 66.7 Å². The predicted molar refractivity (Wildman–Crippen MR) is 135 cm³/mol. The molecule has 0 radical (unpaired) electrons. The van der Waals surface area contributed by atoms with E-state index in [9.17, 15) is 15.0 Å². The number of carbonyl (C=O) groups is 1. The van der Waals surface area contributed by atoms with Gasteiger partial charge in [0.15, 0.2) is 6.10 Å². The number of hydrogen-bond acceptors (Lipinski definition) is 5. The van der Waals surface area contributed by atoms with Crippen LogP contribution in [0.2, 0.25) is 5.02 Å². The SMILES string of the molecule is COc1ccc(C(Nc2cccc(/C=C/c3ccc4ccc(Cl)cc4n3)c2)C(O)C(=O)O)cc1. The molecule has 0 fully saturated rings. The highest BCUT2D eigenvalue weighted by atomic mass is 35.5. The summed E-state index contributed by atoms with van der Waals surface area (Å²) in [5.74, 6) is -0.670. The number of ether oxygens (including phenoxy) is 1. The van der Waals surface area contributed by atoms with Crippen molar-refractivity contribution in [3.8, 4) is 5.75 Å². The quantitative estimate of drug-likeness (QED) is 0.305. The van der Waals surface area contributed by atoms with Crippen molar-refractivity contribution < 1.29 is 19.7 Å². The normalized spacial score (nSPS) is 13.0. The third-order valence-corrected chi connectivity index (χ3v) is 5.61. The van der Waals surface area contributed by atoms with Crippen LogP contribution >= 0.6 is 11.6 Å². The second-order valence-corrected chi connectivity index (χ2v) is 8.15. The van der Waals surface area contributed by atoms with Gasteiger partial charge in [0.1, 0.15) is 5.75 Å². The lowest BCUT2D eigenvalue weighted by molar-refractivity contribution is -0.147. The van der Waals surface area contributed by atoms with Crippen molar-refractivity contribution in [2.75, 3.05) is 12.4 Å². The monoisotopic (exact) mass is 474 g/mol. The van der Waals surface area contributed by atoms with Crippen LogP contribution < -0.4 is 10.1 Å². The minimum absolute atomic E-state index is 0.621. The summed E-state index contributed by atoms with van der Waals surface area (Å²) in [5.41, 5.74) is 3.77. The van der Waals surface area contributed by atoms with Gasteiger partial charge in [-0.2, -0.15) is 0 Å². The average molecular weight is 475 g/mol. The number of anilines is 1. The molecule has 172 valence electrons. The summed E-state index contributed by atoms with van der Waals surface area (Å²) in [6.07, 6.45) is 2.17. The molecule has 0 aliphatic rings. The van der Waals surface area contributed by atoms with Gasteiger partial charge in [0.2, 0.25) is 0 Å². The van der Waals surface area contributed by atoms with Gasteiger partial charge in [-0.05, 0) is 59.7 Å². The molecule has 6 nitrogen and oxygen atoms in total. The molecule has 0 aliphatic carbocycles. The smallest absolute Gasteiger partial charge is 0.335 e. The van der Waals surface area contributed by atoms with Gasteiger partial charge in [-0.15, -0.1) is 0 Å². The van der Waals surface area contributed by atoms with Gasteiger partial charge in [-0.25, -0.2) is 9.78 Å². The molecule has 0 aliphatic heterocycles. The molecule has 4 rings (SSSR count). The Hall–Kier alpha value is -3.87. The zero-order chi connectivity index (χ0) is 24.1. The molecule has 1 heterocycles. The average Bonchev–Trinajstić information content (AvgIpc) is 2.85. The summed E-state index contributed by atoms with van der Waals surface area (Å²) in [6, 6.07) is 23.0. The molecule has 0 bridgehead atoms. The first-order chi connectivity index (χ1) is 16.4. The Labute approximate surface area is 202 Å². The van der Waals surface area contributed by atoms with E-state index in [0.717, 1.165) is 22.2 Å². The fourth-order valence-electron chi connectivity index (χ4n) is 3.59. The van der Waals surface area contributed by atoms with Gasteiger partial charge in [0, 0.05) is 16.1 Å². The van der Waals surface area contributed by atoms with Gasteiger partial charge in [0.25, 0.3) is 0 Å². The molecule has 3 aromatic carbocycles. The van der Waals surface area contributed by atoms with Crippen LogP contribution in [0.4, 0.5) is 5.69 Å². The highest BCUT2D eigenvalue weighted by Gasteiger charge is 2.27. The number of halogens is 1. The van der Waals surface area contributed by atoms with Gasteiger partial charge >= 0.3 is 5.97 Å². The zero-order valence-corrected chi connectivity index (χ0v) is 19.1. The number of carboxylic acids is 1. The van der Waals surface area contributed by atoms with Crippen LogP contribution in [0.15, 0.2) is 78.9 Å². The first kappa shape index (κ1) is 23.3. The van der Waals surface area contributed by atoms with Crippen molar-refractivity contribution in [1.29, 1.82) is 0 Å². The summed E-state index contributed by atoms with van der Waals surface area (Å²) >= 11 is 6.08. The third-order valence-electron chi connectivity index (χ3n) is 5.37. The molecular weight excluding hydrogens is 452 g/mol. The summed E-state index contributed by atoms with van der Waals surface area (Å²) in [5, 5.41) is 24.5. The summed E-state index contributed by atoms with van der Waals surface area (Å²) in [7, 11) is 1.55. The second-order valence-electron chi connectivity index (χ2n) is 7.71. The maximum Gasteiger partial charge on any atom is 0.335 e. The minimum Gasteiger partial charge on any atom is -0.497 e. The summed E-state index contributed by atoms with van der Waals surface area (Å²) < 4.78 is 5.17. The number of pyridine rings is 1. The van der Waals surface area contributed by atoms with Crippen LogP contribution in [0.1, 0.15) is 22.9 Å². The number of carboxylic acid groups (broad SMARTS) is 1. The van der Waals surface area contributed by atoms with Crippen molar-refractivity contribution in [3.63, 3.8) is 0 Å². The number of rotatable bonds is 8. The van der Waals surface area contributed by atoms with Crippen molar-refractivity contribution in [2.45, 2.75) is 12.1 Å². The van der Waals surface area contributed by atoms with Crippen molar-refractivity contribution >= 4 is 46.3 Å². The predicted octanol–water partition coefficient (Wildman–Crippen LogP) is 5.67. The molecule has 4 aromatic rings. The number of hydrogen-bond donors (Lipinski definition) is 3. The number of aliphatic hydroxyl groups is 1. The Balaban J connectivity index is 1.56. The van der Waals surface area contributed by atoms with Crippen LogP contribution in [-0.2, 0) is 4.79 Å². The first-order valence-electron chi connectivity index (χ1n) is 10.6. The molecule has 1 aromatic heterocycles. The van der Waals surface area contributed by atoms with Crippen molar-refractivity contribution in [2.24, 2.45) is 0 Å². The van der Waals surface area contributed by atoms with E-state index in [2.05, 4.69) is 10.3 Å². The topological polar surface area (TPSA) is 91.7 Å². The minimum atomic E-state index is -1.64. The van der Waals surface area contributed by atoms with E-state index in [-0.39, 0.29) is 0 Å². The van der Waals surface area contributed by atoms with Crippen LogP contribution in [0.3, 0.4) is 0 Å². The summed E-state index contributed by atoms with van der Waals surface area (Å²) in [6.45, 7) is 0. The number of nitrogens with one attached hydrogen (secondary N) is 1. The standard InChI is InChI=1S/C27H23ClN2O4/c1-34-23-13-8-19(9-14-23)25(26(31)27(32)33)30-22-4-2-3-17(15-22)5-11-21-12-7-18-6-10-20(28)16-24(18)29-21/h2-16,25-26,30-31H,1H3,(H,32,33)/b11-5+. The number of fused-ring (bicyclic) bond motifs is 1. The van der Waals surface area contributed by atoms with Crippen molar-refractivity contribution in [3.05, 3.63) is 101 Å². The third kappa shape index (κ3) is 5.54.